The minimum absolute atomic E-state index is 0.0779. The third-order valence-corrected chi connectivity index (χ3v) is 5.32. The average molecular weight is 338 g/mol. The normalized spacial score (nSPS) is 13.8. The lowest BCUT2D eigenvalue weighted by molar-refractivity contribution is 0.0939. The van der Waals surface area contributed by atoms with Crippen molar-refractivity contribution in [2.75, 3.05) is 6.54 Å². The quantitative estimate of drug-likeness (QED) is 0.860. The highest BCUT2D eigenvalue weighted by molar-refractivity contribution is 5.95. The summed E-state index contributed by atoms with van der Waals surface area (Å²) in [5.41, 5.74) is 7.42. The predicted octanol–water partition coefficient (Wildman–Crippen LogP) is 4.42. The van der Waals surface area contributed by atoms with Crippen molar-refractivity contribution in [3.63, 3.8) is 0 Å². The Morgan fingerprint density at radius 3 is 2.60 bits per heavy atom. The molecule has 1 aliphatic rings. The van der Waals surface area contributed by atoms with Gasteiger partial charge in [0.15, 0.2) is 0 Å². The number of fused-ring (bicyclic) bond motifs is 1. The molecule has 1 aromatic heterocycles. The fourth-order valence-corrected chi connectivity index (χ4v) is 3.88. The second-order valence-electron chi connectivity index (χ2n) is 7.72. The summed E-state index contributed by atoms with van der Waals surface area (Å²) in [5, 5.41) is 3.13. The Kier molecular flexibility index (Phi) is 5.31. The van der Waals surface area contributed by atoms with Gasteiger partial charge in [-0.1, -0.05) is 38.1 Å². The molecular formula is C22H30N2O. The first-order valence-corrected chi connectivity index (χ1v) is 9.52. The summed E-state index contributed by atoms with van der Waals surface area (Å²) in [5.74, 6) is 0.535. The van der Waals surface area contributed by atoms with Crippen LogP contribution in [0.1, 0.15) is 65.1 Å². The van der Waals surface area contributed by atoms with Crippen molar-refractivity contribution in [3.05, 3.63) is 57.9 Å². The Bertz CT molecular complexity index is 771. The maximum absolute atomic E-state index is 13.0. The monoisotopic (exact) mass is 338 g/mol. The fraction of sp³-hybridized carbons (Fsp3) is 0.500. The van der Waals surface area contributed by atoms with Crippen LogP contribution < -0.4 is 5.32 Å². The third-order valence-electron chi connectivity index (χ3n) is 5.32. The number of rotatable bonds is 5. The van der Waals surface area contributed by atoms with E-state index in [-0.39, 0.29) is 5.91 Å². The highest BCUT2D eigenvalue weighted by Gasteiger charge is 2.26. The summed E-state index contributed by atoms with van der Waals surface area (Å²) >= 11 is 0. The topological polar surface area (TPSA) is 34.0 Å². The number of nitrogens with one attached hydrogen (secondary N) is 1. The van der Waals surface area contributed by atoms with Gasteiger partial charge in [0.25, 0.3) is 5.91 Å². The van der Waals surface area contributed by atoms with Gasteiger partial charge in [-0.15, -0.1) is 0 Å². The van der Waals surface area contributed by atoms with E-state index in [1.165, 1.54) is 40.8 Å². The van der Waals surface area contributed by atoms with E-state index in [4.69, 9.17) is 0 Å². The molecule has 0 radical (unpaired) electrons. The van der Waals surface area contributed by atoms with Gasteiger partial charge in [-0.05, 0) is 67.7 Å². The van der Waals surface area contributed by atoms with E-state index in [1.807, 2.05) is 0 Å². The van der Waals surface area contributed by atoms with Crippen molar-refractivity contribution in [1.82, 2.24) is 9.88 Å². The van der Waals surface area contributed by atoms with Gasteiger partial charge >= 0.3 is 0 Å². The SMILES string of the molecule is Cc1ccccc1Cn1c2c(c(C)c1C(=O)NCC(C)C)CCCC2. The molecule has 0 bridgehead atoms. The van der Waals surface area contributed by atoms with Crippen LogP contribution in [-0.4, -0.2) is 17.0 Å². The second-order valence-corrected chi connectivity index (χ2v) is 7.72. The molecule has 1 aromatic carbocycles. The minimum Gasteiger partial charge on any atom is -0.350 e. The molecular weight excluding hydrogens is 308 g/mol. The largest absolute Gasteiger partial charge is 0.350 e. The lowest BCUT2D eigenvalue weighted by atomic mass is 9.95. The zero-order chi connectivity index (χ0) is 18.0. The van der Waals surface area contributed by atoms with Gasteiger partial charge in [0.1, 0.15) is 5.69 Å². The molecule has 3 heteroatoms. The Hall–Kier alpha value is -2.03. The van der Waals surface area contributed by atoms with Crippen LogP contribution in [0.25, 0.3) is 0 Å². The van der Waals surface area contributed by atoms with Crippen LogP contribution in [0.15, 0.2) is 24.3 Å². The second kappa shape index (κ2) is 7.47. The number of carbonyl (C=O) groups excluding carboxylic acids is 1. The predicted molar refractivity (Wildman–Crippen MR) is 103 cm³/mol. The third kappa shape index (κ3) is 3.65. The Morgan fingerprint density at radius 1 is 1.16 bits per heavy atom. The molecule has 0 unspecified atom stereocenters. The van der Waals surface area contributed by atoms with Crippen LogP contribution in [0, 0.1) is 19.8 Å². The Morgan fingerprint density at radius 2 is 1.88 bits per heavy atom. The maximum atomic E-state index is 13.0. The molecule has 0 fully saturated rings. The van der Waals surface area contributed by atoms with Crippen LogP contribution in [-0.2, 0) is 19.4 Å². The van der Waals surface area contributed by atoms with Crippen LogP contribution >= 0.6 is 0 Å². The molecule has 25 heavy (non-hydrogen) atoms. The van der Waals surface area contributed by atoms with Gasteiger partial charge in [-0.3, -0.25) is 4.79 Å². The summed E-state index contributed by atoms with van der Waals surface area (Å²) < 4.78 is 2.29. The van der Waals surface area contributed by atoms with E-state index < -0.39 is 0 Å². The molecule has 1 aliphatic carbocycles. The average Bonchev–Trinajstić information content (AvgIpc) is 2.87. The highest BCUT2D eigenvalue weighted by Crippen LogP contribution is 2.30. The molecule has 0 atom stereocenters. The molecule has 1 amide bonds. The maximum Gasteiger partial charge on any atom is 0.268 e. The Balaban J connectivity index is 2.02. The Labute approximate surface area is 151 Å². The summed E-state index contributed by atoms with van der Waals surface area (Å²) in [7, 11) is 0. The molecule has 0 saturated heterocycles. The molecule has 1 heterocycles. The van der Waals surface area contributed by atoms with E-state index in [0.717, 1.165) is 31.6 Å². The van der Waals surface area contributed by atoms with Gasteiger partial charge < -0.3 is 9.88 Å². The number of hydrogen-bond acceptors (Lipinski definition) is 1. The number of amides is 1. The van der Waals surface area contributed by atoms with Crippen molar-refractivity contribution in [2.45, 2.75) is 59.9 Å². The van der Waals surface area contributed by atoms with Crippen LogP contribution in [0.3, 0.4) is 0 Å². The first-order valence-electron chi connectivity index (χ1n) is 9.52. The molecule has 1 N–H and O–H groups in total. The van der Waals surface area contributed by atoms with Gasteiger partial charge in [0.2, 0.25) is 0 Å². The molecule has 134 valence electrons. The summed E-state index contributed by atoms with van der Waals surface area (Å²) in [6.07, 6.45) is 4.64. The summed E-state index contributed by atoms with van der Waals surface area (Å²) in [6, 6.07) is 8.49. The van der Waals surface area contributed by atoms with Crippen molar-refractivity contribution in [3.8, 4) is 0 Å². The smallest absolute Gasteiger partial charge is 0.268 e. The van der Waals surface area contributed by atoms with Crippen molar-refractivity contribution in [1.29, 1.82) is 0 Å². The molecule has 3 rings (SSSR count). The lowest BCUT2D eigenvalue weighted by Gasteiger charge is -2.18. The van der Waals surface area contributed by atoms with Crippen LogP contribution in [0.5, 0.6) is 0 Å². The first kappa shape index (κ1) is 17.8. The molecule has 3 nitrogen and oxygen atoms in total. The fourth-order valence-electron chi connectivity index (χ4n) is 3.88. The molecule has 0 spiro atoms. The van der Waals surface area contributed by atoms with E-state index in [0.29, 0.717) is 5.92 Å². The van der Waals surface area contributed by atoms with Gasteiger partial charge in [-0.25, -0.2) is 0 Å². The van der Waals surface area contributed by atoms with E-state index in [9.17, 15) is 4.79 Å². The number of aryl methyl sites for hydroxylation is 1. The van der Waals surface area contributed by atoms with Gasteiger partial charge in [0.05, 0.1) is 0 Å². The number of aromatic nitrogens is 1. The molecule has 2 aromatic rings. The molecule has 0 aliphatic heterocycles. The number of benzene rings is 1. The van der Waals surface area contributed by atoms with Gasteiger partial charge in [0, 0.05) is 18.8 Å². The number of hydrogen-bond donors (Lipinski definition) is 1. The van der Waals surface area contributed by atoms with E-state index >= 15 is 0 Å². The summed E-state index contributed by atoms with van der Waals surface area (Å²) in [6.45, 7) is 10.0. The highest BCUT2D eigenvalue weighted by atomic mass is 16.1. The van der Waals surface area contributed by atoms with Crippen LogP contribution in [0.2, 0.25) is 0 Å². The van der Waals surface area contributed by atoms with Crippen molar-refractivity contribution in [2.24, 2.45) is 5.92 Å². The van der Waals surface area contributed by atoms with Crippen molar-refractivity contribution >= 4 is 5.91 Å². The lowest BCUT2D eigenvalue weighted by Crippen LogP contribution is -2.30. The zero-order valence-corrected chi connectivity index (χ0v) is 16.0. The number of carbonyl (C=O) groups is 1. The number of nitrogens with zero attached hydrogens (tertiary/aromatic N) is 1. The van der Waals surface area contributed by atoms with Crippen molar-refractivity contribution < 1.29 is 4.79 Å². The summed E-state index contributed by atoms with van der Waals surface area (Å²) in [4.78, 5) is 13.0. The molecule has 0 saturated carbocycles. The van der Waals surface area contributed by atoms with Crippen LogP contribution in [0.4, 0.5) is 0 Å². The van der Waals surface area contributed by atoms with E-state index in [2.05, 4.69) is 61.8 Å². The standard InChI is InChI=1S/C22H30N2O/c1-15(2)13-23-22(25)21-17(4)19-11-7-8-12-20(19)24(21)14-18-10-6-5-9-16(18)3/h5-6,9-10,15H,7-8,11-14H2,1-4H3,(H,23,25). The van der Waals surface area contributed by atoms with E-state index in [1.54, 1.807) is 0 Å². The van der Waals surface area contributed by atoms with Gasteiger partial charge in [-0.2, -0.15) is 0 Å². The minimum atomic E-state index is 0.0779. The first-order chi connectivity index (χ1) is 12.0. The zero-order valence-electron chi connectivity index (χ0n) is 16.0.